The number of aliphatic carboxylic acids is 1. The Balaban J connectivity index is 2.11. The maximum absolute atomic E-state index is 10.8. The van der Waals surface area contributed by atoms with Crippen molar-refractivity contribution in [2.24, 2.45) is 18.9 Å². The number of imidazole rings is 1. The van der Waals surface area contributed by atoms with Gasteiger partial charge < -0.3 is 20.1 Å². The van der Waals surface area contributed by atoms with Gasteiger partial charge in [-0.15, -0.1) is 0 Å². The molecule has 0 aliphatic carbocycles. The van der Waals surface area contributed by atoms with E-state index in [1.165, 1.54) is 6.33 Å². The third-order valence-corrected chi connectivity index (χ3v) is 3.37. The van der Waals surface area contributed by atoms with Crippen molar-refractivity contribution in [3.05, 3.63) is 16.4 Å². The molecule has 0 spiro atoms. The summed E-state index contributed by atoms with van der Waals surface area (Å²) in [6.45, 7) is 2.67. The molecule has 0 saturated carbocycles. The van der Waals surface area contributed by atoms with Crippen molar-refractivity contribution in [2.75, 3.05) is 18.0 Å². The van der Waals surface area contributed by atoms with E-state index in [1.807, 2.05) is 0 Å². The number of carboxylic acid groups (broad SMARTS) is 1. The molecule has 8 heteroatoms. The van der Waals surface area contributed by atoms with Crippen LogP contribution in [0.15, 0.2) is 6.33 Å². The second kappa shape index (κ2) is 4.28. The smallest absolute Gasteiger partial charge is 0.406 e. The maximum Gasteiger partial charge on any atom is 0.406 e. The molecular weight excluding hydrogens is 240 g/mol. The summed E-state index contributed by atoms with van der Waals surface area (Å²) < 4.78 is 1.58. The molecule has 2 heterocycles. The zero-order valence-electron chi connectivity index (χ0n) is 10.1. The van der Waals surface area contributed by atoms with E-state index in [9.17, 15) is 14.9 Å². The minimum atomic E-state index is -0.834. The second-order valence-electron chi connectivity index (χ2n) is 4.55. The summed E-state index contributed by atoms with van der Waals surface area (Å²) in [6, 6.07) is 0. The van der Waals surface area contributed by atoms with Crippen LogP contribution in [-0.4, -0.2) is 38.6 Å². The molecule has 0 aromatic carbocycles. The molecule has 2 rings (SSSR count). The SMILES string of the molecule is CC(C(=O)O)C1CN(c2c([N+](=O)[O-])ncn2C)C1. The van der Waals surface area contributed by atoms with E-state index in [1.54, 1.807) is 23.4 Å². The van der Waals surface area contributed by atoms with Gasteiger partial charge in [-0.05, 0) is 9.91 Å². The number of aromatic nitrogens is 2. The predicted molar refractivity (Wildman–Crippen MR) is 62.4 cm³/mol. The van der Waals surface area contributed by atoms with Crippen molar-refractivity contribution in [3.8, 4) is 0 Å². The van der Waals surface area contributed by atoms with Gasteiger partial charge in [0.1, 0.15) is 0 Å². The van der Waals surface area contributed by atoms with Gasteiger partial charge in [-0.25, -0.2) is 0 Å². The molecular formula is C10H14N4O4. The van der Waals surface area contributed by atoms with Crippen LogP contribution in [0.25, 0.3) is 0 Å². The summed E-state index contributed by atoms with van der Waals surface area (Å²) in [6.07, 6.45) is 1.39. The van der Waals surface area contributed by atoms with E-state index in [-0.39, 0.29) is 11.7 Å². The van der Waals surface area contributed by atoms with Crippen LogP contribution in [0.2, 0.25) is 0 Å². The van der Waals surface area contributed by atoms with Crippen LogP contribution < -0.4 is 4.90 Å². The van der Waals surface area contributed by atoms with Crippen molar-refractivity contribution in [2.45, 2.75) is 6.92 Å². The molecule has 1 aliphatic rings. The number of rotatable bonds is 4. The van der Waals surface area contributed by atoms with Crippen LogP contribution in [0.4, 0.5) is 11.6 Å². The van der Waals surface area contributed by atoms with Gasteiger partial charge in [0.2, 0.25) is 12.1 Å². The summed E-state index contributed by atoms with van der Waals surface area (Å²) in [5, 5.41) is 19.7. The Bertz CT molecular complexity index is 492. The second-order valence-corrected chi connectivity index (χ2v) is 4.55. The maximum atomic E-state index is 10.8. The topological polar surface area (TPSA) is 102 Å². The van der Waals surface area contributed by atoms with Gasteiger partial charge >= 0.3 is 11.8 Å². The first-order valence-electron chi connectivity index (χ1n) is 5.55. The van der Waals surface area contributed by atoms with Crippen molar-refractivity contribution < 1.29 is 14.8 Å². The Labute approximate surface area is 103 Å². The van der Waals surface area contributed by atoms with E-state index in [2.05, 4.69) is 4.98 Å². The van der Waals surface area contributed by atoms with Crippen LogP contribution in [0.3, 0.4) is 0 Å². The van der Waals surface area contributed by atoms with Crippen LogP contribution >= 0.6 is 0 Å². The monoisotopic (exact) mass is 254 g/mol. The molecule has 1 aromatic rings. The lowest BCUT2D eigenvalue weighted by molar-refractivity contribution is -0.388. The van der Waals surface area contributed by atoms with Gasteiger partial charge in [0.15, 0.2) is 0 Å². The fourth-order valence-corrected chi connectivity index (χ4v) is 2.11. The Morgan fingerprint density at radius 3 is 2.78 bits per heavy atom. The highest BCUT2D eigenvalue weighted by molar-refractivity contribution is 5.71. The predicted octanol–water partition coefficient (Wildman–Crippen LogP) is 0.485. The van der Waals surface area contributed by atoms with E-state index in [0.29, 0.717) is 18.9 Å². The molecule has 98 valence electrons. The molecule has 18 heavy (non-hydrogen) atoms. The Kier molecular flexibility index (Phi) is 2.93. The number of hydrogen-bond donors (Lipinski definition) is 1. The molecule has 1 N–H and O–H groups in total. The lowest BCUT2D eigenvalue weighted by Crippen LogP contribution is -2.51. The van der Waals surface area contributed by atoms with Gasteiger partial charge in [-0.2, -0.15) is 0 Å². The van der Waals surface area contributed by atoms with Crippen molar-refractivity contribution in [1.82, 2.24) is 9.55 Å². The highest BCUT2D eigenvalue weighted by Gasteiger charge is 2.39. The summed E-state index contributed by atoms with van der Waals surface area (Å²) in [4.78, 5) is 26.6. The third-order valence-electron chi connectivity index (χ3n) is 3.37. The van der Waals surface area contributed by atoms with E-state index >= 15 is 0 Å². The minimum absolute atomic E-state index is 0.0250. The van der Waals surface area contributed by atoms with Crippen molar-refractivity contribution in [3.63, 3.8) is 0 Å². The lowest BCUT2D eigenvalue weighted by atomic mass is 9.87. The van der Waals surface area contributed by atoms with E-state index < -0.39 is 16.8 Å². The molecule has 0 amide bonds. The van der Waals surface area contributed by atoms with Crippen LogP contribution in [-0.2, 0) is 11.8 Å². The number of nitro groups is 1. The number of carboxylic acids is 1. The average molecular weight is 254 g/mol. The van der Waals surface area contributed by atoms with Crippen molar-refractivity contribution in [1.29, 1.82) is 0 Å². The average Bonchev–Trinajstić information content (AvgIpc) is 2.58. The number of carbonyl (C=O) groups is 1. The number of hydrogen-bond acceptors (Lipinski definition) is 5. The molecule has 1 aromatic heterocycles. The van der Waals surface area contributed by atoms with Gasteiger partial charge in [0.25, 0.3) is 0 Å². The third kappa shape index (κ3) is 1.89. The molecule has 1 aliphatic heterocycles. The lowest BCUT2D eigenvalue weighted by Gasteiger charge is -2.41. The standard InChI is InChI=1S/C10H14N4O4/c1-6(10(15)16)7-3-13(4-7)9-8(14(17)18)11-5-12(9)2/h5-7H,3-4H2,1-2H3,(H,15,16). The summed E-state index contributed by atoms with van der Waals surface area (Å²) in [7, 11) is 1.68. The first-order valence-corrected chi connectivity index (χ1v) is 5.55. The number of nitrogens with zero attached hydrogens (tertiary/aromatic N) is 4. The summed E-state index contributed by atoms with van der Waals surface area (Å²) in [5.41, 5.74) is 0. The highest BCUT2D eigenvalue weighted by atomic mass is 16.6. The van der Waals surface area contributed by atoms with Gasteiger partial charge in [0, 0.05) is 26.1 Å². The molecule has 0 radical (unpaired) electrons. The first-order chi connectivity index (χ1) is 8.41. The Hall–Kier alpha value is -2.12. The number of aryl methyl sites for hydroxylation is 1. The Morgan fingerprint density at radius 2 is 2.28 bits per heavy atom. The molecule has 1 atom stereocenters. The Morgan fingerprint density at radius 1 is 1.67 bits per heavy atom. The van der Waals surface area contributed by atoms with Crippen LogP contribution in [0.1, 0.15) is 6.92 Å². The minimum Gasteiger partial charge on any atom is -0.481 e. The molecule has 1 saturated heterocycles. The van der Waals surface area contributed by atoms with Gasteiger partial charge in [-0.3, -0.25) is 9.36 Å². The van der Waals surface area contributed by atoms with E-state index in [4.69, 9.17) is 5.11 Å². The highest BCUT2D eigenvalue weighted by Crippen LogP contribution is 2.34. The van der Waals surface area contributed by atoms with Gasteiger partial charge in [0.05, 0.1) is 5.92 Å². The molecule has 1 fully saturated rings. The largest absolute Gasteiger partial charge is 0.481 e. The normalized spacial score (nSPS) is 17.3. The van der Waals surface area contributed by atoms with Gasteiger partial charge in [-0.1, -0.05) is 6.92 Å². The molecule has 8 nitrogen and oxygen atoms in total. The van der Waals surface area contributed by atoms with Crippen LogP contribution in [0, 0.1) is 22.0 Å². The quantitative estimate of drug-likeness (QED) is 0.619. The van der Waals surface area contributed by atoms with E-state index in [0.717, 1.165) is 0 Å². The van der Waals surface area contributed by atoms with Crippen LogP contribution in [0.5, 0.6) is 0 Å². The number of anilines is 1. The van der Waals surface area contributed by atoms with Crippen molar-refractivity contribution >= 4 is 17.6 Å². The summed E-state index contributed by atoms with van der Waals surface area (Å²) >= 11 is 0. The zero-order chi connectivity index (χ0) is 13.4. The fourth-order valence-electron chi connectivity index (χ4n) is 2.11. The fraction of sp³-hybridized carbons (Fsp3) is 0.600. The molecule has 0 bridgehead atoms. The summed E-state index contributed by atoms with van der Waals surface area (Å²) in [5.74, 6) is -0.988. The first kappa shape index (κ1) is 12.3. The zero-order valence-corrected chi connectivity index (χ0v) is 10.1. The molecule has 1 unspecified atom stereocenters.